The summed E-state index contributed by atoms with van der Waals surface area (Å²) in [5.41, 5.74) is 0.621. The summed E-state index contributed by atoms with van der Waals surface area (Å²) in [6.45, 7) is 7.25. The van der Waals surface area contributed by atoms with Crippen molar-refractivity contribution in [1.82, 2.24) is 14.9 Å². The molecule has 1 unspecified atom stereocenters. The molecule has 1 aromatic carbocycles. The number of benzene rings is 1. The normalized spacial score (nSPS) is 18.0. The number of carbonyl (C=O) groups excluding carboxylic acids is 2. The van der Waals surface area contributed by atoms with Gasteiger partial charge in [-0.05, 0) is 55.9 Å². The van der Waals surface area contributed by atoms with E-state index in [4.69, 9.17) is 4.42 Å². The van der Waals surface area contributed by atoms with E-state index in [1.54, 1.807) is 21.9 Å². The summed E-state index contributed by atoms with van der Waals surface area (Å²) in [6, 6.07) is 10.5. The van der Waals surface area contributed by atoms with Crippen molar-refractivity contribution in [2.24, 2.45) is 5.92 Å². The minimum Gasteiger partial charge on any atom is -0.417 e. The van der Waals surface area contributed by atoms with Crippen LogP contribution in [-0.2, 0) is 6.18 Å². The Bertz CT molecular complexity index is 1410. The van der Waals surface area contributed by atoms with Gasteiger partial charge < -0.3 is 29.8 Å². The number of anilines is 4. The number of piperidine rings is 1. The molecule has 2 aliphatic rings. The number of rotatable bonds is 5. The van der Waals surface area contributed by atoms with Gasteiger partial charge in [0, 0.05) is 45.0 Å². The van der Waals surface area contributed by atoms with Crippen molar-refractivity contribution >= 4 is 35.1 Å². The molecule has 2 fully saturated rings. The number of pyridine rings is 1. The Morgan fingerprint density at radius 2 is 1.76 bits per heavy atom. The number of aryl methyl sites for hydroxylation is 1. The highest BCUT2D eigenvalue weighted by atomic mass is 19.4. The maximum absolute atomic E-state index is 13.7. The van der Waals surface area contributed by atoms with Crippen LogP contribution in [0.15, 0.2) is 47.0 Å². The van der Waals surface area contributed by atoms with E-state index in [0.29, 0.717) is 45.1 Å². The molecule has 3 aromatic rings. The molecule has 3 amide bonds. The molecule has 42 heavy (non-hydrogen) atoms. The molecule has 0 aliphatic carbocycles. The van der Waals surface area contributed by atoms with Gasteiger partial charge in [0.25, 0.3) is 11.9 Å². The molecular weight excluding hydrogens is 551 g/mol. The van der Waals surface area contributed by atoms with E-state index in [2.05, 4.69) is 20.6 Å². The van der Waals surface area contributed by atoms with Crippen LogP contribution in [0.4, 0.5) is 41.2 Å². The first-order valence-electron chi connectivity index (χ1n) is 14.1. The van der Waals surface area contributed by atoms with E-state index in [1.165, 1.54) is 6.20 Å². The predicted octanol–water partition coefficient (Wildman–Crippen LogP) is 5.63. The fourth-order valence-electron chi connectivity index (χ4n) is 5.25. The second-order valence-electron chi connectivity index (χ2n) is 10.8. The zero-order chi connectivity index (χ0) is 29.9. The lowest BCUT2D eigenvalue weighted by Crippen LogP contribution is -2.38. The first kappa shape index (κ1) is 29.2. The van der Waals surface area contributed by atoms with Gasteiger partial charge in [-0.1, -0.05) is 25.1 Å². The molecule has 10 nitrogen and oxygen atoms in total. The summed E-state index contributed by atoms with van der Waals surface area (Å²) in [7, 11) is 0. The number of carbonyl (C=O) groups is 2. The molecule has 224 valence electrons. The van der Waals surface area contributed by atoms with Gasteiger partial charge in [0.1, 0.15) is 5.82 Å². The fourth-order valence-corrected chi connectivity index (χ4v) is 5.25. The van der Waals surface area contributed by atoms with Crippen molar-refractivity contribution in [3.05, 3.63) is 59.6 Å². The quantitative estimate of drug-likeness (QED) is 0.400. The lowest BCUT2D eigenvalue weighted by atomic mass is 10.0. The summed E-state index contributed by atoms with van der Waals surface area (Å²) >= 11 is 0. The van der Waals surface area contributed by atoms with E-state index >= 15 is 0 Å². The van der Waals surface area contributed by atoms with Crippen LogP contribution in [0.2, 0.25) is 0 Å². The van der Waals surface area contributed by atoms with Crippen molar-refractivity contribution in [1.29, 1.82) is 0 Å². The standard InChI is InChI=1S/C29H34F3N7O3/c1-19-7-5-12-39(18-19)28-36-25(29(30,31)32)24(42-28)26(40)34-21-10-11-23(33-17-21)37-13-6-14-38(16-15-37)27(41)35-22-9-4-3-8-20(22)2/h3-4,8-11,17,19H,5-7,12-16,18H2,1-2H3,(H,34,40)(H,35,41). The van der Waals surface area contributed by atoms with Gasteiger partial charge in [-0.3, -0.25) is 4.79 Å². The highest BCUT2D eigenvalue weighted by Crippen LogP contribution is 2.35. The number of oxazole rings is 1. The summed E-state index contributed by atoms with van der Waals surface area (Å²) in [5, 5.41) is 5.42. The van der Waals surface area contributed by atoms with Gasteiger partial charge in [-0.25, -0.2) is 9.78 Å². The van der Waals surface area contributed by atoms with E-state index in [9.17, 15) is 22.8 Å². The molecule has 2 saturated heterocycles. The zero-order valence-electron chi connectivity index (χ0n) is 23.6. The van der Waals surface area contributed by atoms with E-state index < -0.39 is 23.5 Å². The number of urea groups is 1. The lowest BCUT2D eigenvalue weighted by molar-refractivity contribution is -0.141. The lowest BCUT2D eigenvalue weighted by Gasteiger charge is -2.29. The average molecular weight is 586 g/mol. The SMILES string of the molecule is Cc1ccccc1NC(=O)N1CCCN(c2ccc(NC(=O)c3oc(N4CCCC(C)C4)nc3C(F)(F)F)cn2)CC1. The summed E-state index contributed by atoms with van der Waals surface area (Å²) < 4.78 is 46.6. The molecule has 5 rings (SSSR count). The number of hydrogen-bond donors (Lipinski definition) is 2. The average Bonchev–Trinajstić information content (AvgIpc) is 3.28. The van der Waals surface area contributed by atoms with Gasteiger partial charge in [0.2, 0.25) is 5.76 Å². The van der Waals surface area contributed by atoms with Crippen molar-refractivity contribution in [3.63, 3.8) is 0 Å². The topological polar surface area (TPSA) is 107 Å². The van der Waals surface area contributed by atoms with E-state index in [1.807, 2.05) is 43.0 Å². The second-order valence-corrected chi connectivity index (χ2v) is 10.8. The number of para-hydroxylation sites is 1. The monoisotopic (exact) mass is 585 g/mol. The Labute approximate surface area is 241 Å². The van der Waals surface area contributed by atoms with Crippen LogP contribution in [0.5, 0.6) is 0 Å². The molecule has 0 saturated carbocycles. The number of alkyl halides is 3. The van der Waals surface area contributed by atoms with Crippen LogP contribution >= 0.6 is 0 Å². The molecule has 2 aliphatic heterocycles. The van der Waals surface area contributed by atoms with Crippen molar-refractivity contribution in [2.75, 3.05) is 59.7 Å². The number of nitrogens with one attached hydrogen (secondary N) is 2. The third-order valence-electron chi connectivity index (χ3n) is 7.52. The Morgan fingerprint density at radius 1 is 0.976 bits per heavy atom. The predicted molar refractivity (Wildman–Crippen MR) is 153 cm³/mol. The molecule has 0 radical (unpaired) electrons. The molecule has 2 aromatic heterocycles. The van der Waals surface area contributed by atoms with Gasteiger partial charge in [-0.15, -0.1) is 0 Å². The molecular formula is C29H34F3N7O3. The zero-order valence-corrected chi connectivity index (χ0v) is 23.6. The van der Waals surface area contributed by atoms with Gasteiger partial charge in [0.15, 0.2) is 5.69 Å². The highest BCUT2D eigenvalue weighted by Gasteiger charge is 2.42. The largest absolute Gasteiger partial charge is 0.437 e. The molecule has 1 atom stereocenters. The summed E-state index contributed by atoms with van der Waals surface area (Å²) in [4.78, 5) is 39.2. The van der Waals surface area contributed by atoms with Crippen LogP contribution in [-0.4, -0.2) is 66.1 Å². The van der Waals surface area contributed by atoms with Crippen molar-refractivity contribution < 1.29 is 27.2 Å². The van der Waals surface area contributed by atoms with E-state index in [-0.39, 0.29) is 23.7 Å². The first-order valence-corrected chi connectivity index (χ1v) is 14.1. The van der Waals surface area contributed by atoms with Crippen LogP contribution in [0.1, 0.15) is 48.0 Å². The molecule has 2 N–H and O–H groups in total. The van der Waals surface area contributed by atoms with Crippen LogP contribution in [0, 0.1) is 12.8 Å². The van der Waals surface area contributed by atoms with Crippen molar-refractivity contribution in [2.45, 2.75) is 39.3 Å². The Hall–Kier alpha value is -4.29. The van der Waals surface area contributed by atoms with Crippen LogP contribution in [0.3, 0.4) is 0 Å². The molecule has 4 heterocycles. The Morgan fingerprint density at radius 3 is 2.48 bits per heavy atom. The maximum Gasteiger partial charge on any atom is 0.437 e. The summed E-state index contributed by atoms with van der Waals surface area (Å²) in [6.07, 6.45) is -0.961. The molecule has 0 bridgehead atoms. The third kappa shape index (κ3) is 6.77. The Balaban J connectivity index is 1.21. The van der Waals surface area contributed by atoms with Crippen LogP contribution in [0.25, 0.3) is 0 Å². The Kier molecular flexibility index (Phi) is 8.55. The fraction of sp³-hybridized carbons (Fsp3) is 0.448. The van der Waals surface area contributed by atoms with Gasteiger partial charge in [0.05, 0.1) is 11.9 Å². The smallest absolute Gasteiger partial charge is 0.417 e. The van der Waals surface area contributed by atoms with Gasteiger partial charge >= 0.3 is 12.2 Å². The number of amides is 3. The maximum atomic E-state index is 13.7. The van der Waals surface area contributed by atoms with Crippen molar-refractivity contribution in [3.8, 4) is 0 Å². The number of hydrogen-bond acceptors (Lipinski definition) is 7. The highest BCUT2D eigenvalue weighted by molar-refractivity contribution is 6.03. The third-order valence-corrected chi connectivity index (χ3v) is 7.52. The first-order chi connectivity index (χ1) is 20.1. The summed E-state index contributed by atoms with van der Waals surface area (Å²) in [5.74, 6) is -1.02. The second kappa shape index (κ2) is 12.3. The van der Waals surface area contributed by atoms with Crippen LogP contribution < -0.4 is 20.4 Å². The number of aromatic nitrogens is 2. The van der Waals surface area contributed by atoms with E-state index in [0.717, 1.165) is 30.5 Å². The van der Waals surface area contributed by atoms with Gasteiger partial charge in [-0.2, -0.15) is 18.2 Å². The molecule has 0 spiro atoms. The minimum atomic E-state index is -4.85. The number of halogens is 3. The minimum absolute atomic E-state index is 0.166. The number of nitrogens with zero attached hydrogens (tertiary/aromatic N) is 5. The molecule has 13 heteroatoms.